The van der Waals surface area contributed by atoms with Gasteiger partial charge < -0.3 is 14.4 Å². The molecule has 24 heavy (non-hydrogen) atoms. The summed E-state index contributed by atoms with van der Waals surface area (Å²) in [5.41, 5.74) is 0.0147. The van der Waals surface area contributed by atoms with Gasteiger partial charge in [-0.15, -0.1) is 0 Å². The van der Waals surface area contributed by atoms with E-state index in [1.165, 1.54) is 4.90 Å². The summed E-state index contributed by atoms with van der Waals surface area (Å²) in [4.78, 5) is 13.9. The van der Waals surface area contributed by atoms with Crippen molar-refractivity contribution >= 4 is 22.0 Å². The summed E-state index contributed by atoms with van der Waals surface area (Å²) in [7, 11) is 0. The van der Waals surface area contributed by atoms with Crippen LogP contribution in [0.2, 0.25) is 0 Å². The van der Waals surface area contributed by atoms with Crippen LogP contribution >= 0.6 is 15.9 Å². The van der Waals surface area contributed by atoms with Gasteiger partial charge in [0.15, 0.2) is 0 Å². The minimum Gasteiger partial charge on any atom is -0.487 e. The summed E-state index contributed by atoms with van der Waals surface area (Å²) in [6, 6.07) is 4.94. The van der Waals surface area contributed by atoms with E-state index in [0.717, 1.165) is 4.47 Å². The van der Waals surface area contributed by atoms with E-state index in [4.69, 9.17) is 9.47 Å². The number of ether oxygens (including phenoxy) is 2. The van der Waals surface area contributed by atoms with E-state index in [9.17, 15) is 13.6 Å². The van der Waals surface area contributed by atoms with Crippen molar-refractivity contribution < 1.29 is 23.0 Å². The number of nitrogens with zero attached hydrogens (tertiary/aromatic N) is 1. The van der Waals surface area contributed by atoms with Crippen molar-refractivity contribution in [3.63, 3.8) is 0 Å². The normalized spacial score (nSPS) is 11.8. The van der Waals surface area contributed by atoms with Crippen molar-refractivity contribution in [3.05, 3.63) is 28.2 Å². The molecule has 4 nitrogen and oxygen atoms in total. The van der Waals surface area contributed by atoms with Crippen molar-refractivity contribution in [1.29, 1.82) is 0 Å². The smallest absolute Gasteiger partial charge is 0.410 e. The lowest BCUT2D eigenvalue weighted by atomic mass is 10.1. The Labute approximate surface area is 150 Å². The Morgan fingerprint density at radius 1 is 1.29 bits per heavy atom. The lowest BCUT2D eigenvalue weighted by Gasteiger charge is -2.30. The summed E-state index contributed by atoms with van der Waals surface area (Å²) >= 11 is 3.35. The van der Waals surface area contributed by atoms with Crippen molar-refractivity contribution in [2.24, 2.45) is 0 Å². The van der Waals surface area contributed by atoms with E-state index < -0.39 is 24.7 Å². The van der Waals surface area contributed by atoms with Crippen LogP contribution in [0.1, 0.15) is 40.2 Å². The van der Waals surface area contributed by atoms with Gasteiger partial charge >= 0.3 is 6.09 Å². The first-order valence-electron chi connectivity index (χ1n) is 7.68. The zero-order valence-electron chi connectivity index (χ0n) is 14.6. The van der Waals surface area contributed by atoms with Gasteiger partial charge in [-0.05, 0) is 52.8 Å². The molecule has 0 saturated carbocycles. The molecular weight excluding hydrogens is 384 g/mol. The minimum absolute atomic E-state index is 0.123. The van der Waals surface area contributed by atoms with Gasteiger partial charge in [0, 0.05) is 16.1 Å². The van der Waals surface area contributed by atoms with Crippen LogP contribution in [-0.4, -0.2) is 35.7 Å². The predicted octanol–water partition coefficient (Wildman–Crippen LogP) is 5.24. The van der Waals surface area contributed by atoms with Gasteiger partial charge in [-0.1, -0.05) is 15.9 Å². The molecule has 1 aromatic carbocycles. The number of benzene rings is 1. The van der Waals surface area contributed by atoms with Crippen LogP contribution in [0.5, 0.6) is 5.75 Å². The van der Waals surface area contributed by atoms with Gasteiger partial charge in [0.25, 0.3) is 6.43 Å². The lowest BCUT2D eigenvalue weighted by molar-refractivity contribution is 0.0168. The molecular formula is C17H24BrF2NO3. The second-order valence-corrected chi connectivity index (χ2v) is 7.57. The summed E-state index contributed by atoms with van der Waals surface area (Å²) in [5, 5.41) is 0. The third-order valence-corrected chi connectivity index (χ3v) is 3.47. The standard InChI is InChI=1S/C17H24BrF2NO3/c1-11(2)21(16(22)24-17(3,4)5)9-12-8-13(18)6-7-14(12)23-10-15(19)20/h6-8,11,15H,9-10H2,1-5H3. The molecule has 0 spiro atoms. The fraction of sp³-hybridized carbons (Fsp3) is 0.588. The number of rotatable bonds is 6. The number of hydrogen-bond acceptors (Lipinski definition) is 3. The van der Waals surface area contributed by atoms with Gasteiger partial charge in [-0.25, -0.2) is 13.6 Å². The molecule has 0 heterocycles. The Kier molecular flexibility index (Phi) is 7.45. The molecule has 0 atom stereocenters. The average molecular weight is 408 g/mol. The van der Waals surface area contributed by atoms with Gasteiger partial charge in [0.1, 0.15) is 18.0 Å². The van der Waals surface area contributed by atoms with E-state index in [2.05, 4.69) is 15.9 Å². The second-order valence-electron chi connectivity index (χ2n) is 6.66. The SMILES string of the molecule is CC(C)N(Cc1cc(Br)ccc1OCC(F)F)C(=O)OC(C)(C)C. The first-order valence-corrected chi connectivity index (χ1v) is 8.48. The Hall–Kier alpha value is -1.37. The molecule has 1 aromatic rings. The van der Waals surface area contributed by atoms with Crippen molar-refractivity contribution in [1.82, 2.24) is 4.90 Å². The molecule has 0 aliphatic heterocycles. The van der Waals surface area contributed by atoms with Crippen LogP contribution in [0.25, 0.3) is 0 Å². The van der Waals surface area contributed by atoms with Crippen LogP contribution in [0, 0.1) is 0 Å². The van der Waals surface area contributed by atoms with E-state index in [-0.39, 0.29) is 12.6 Å². The van der Waals surface area contributed by atoms with Crippen LogP contribution < -0.4 is 4.74 Å². The summed E-state index contributed by atoms with van der Waals surface area (Å²) < 4.78 is 36.2. The molecule has 7 heteroatoms. The van der Waals surface area contributed by atoms with Crippen LogP contribution in [-0.2, 0) is 11.3 Å². The zero-order chi connectivity index (χ0) is 18.5. The molecule has 0 fully saturated rings. The molecule has 0 bridgehead atoms. The van der Waals surface area contributed by atoms with E-state index in [1.54, 1.807) is 39.0 Å². The third kappa shape index (κ3) is 7.03. The van der Waals surface area contributed by atoms with E-state index in [0.29, 0.717) is 11.3 Å². The van der Waals surface area contributed by atoms with Gasteiger partial charge in [-0.3, -0.25) is 0 Å². The number of halogens is 3. The number of hydrogen-bond donors (Lipinski definition) is 0. The Bertz CT molecular complexity index is 559. The fourth-order valence-electron chi connectivity index (χ4n) is 1.93. The molecule has 0 saturated heterocycles. The minimum atomic E-state index is -2.56. The lowest BCUT2D eigenvalue weighted by Crippen LogP contribution is -2.40. The van der Waals surface area contributed by atoms with Crippen molar-refractivity contribution in [2.75, 3.05) is 6.61 Å². The molecule has 0 aliphatic rings. The highest BCUT2D eigenvalue weighted by Crippen LogP contribution is 2.26. The molecule has 1 rings (SSSR count). The Morgan fingerprint density at radius 2 is 1.92 bits per heavy atom. The molecule has 0 aromatic heterocycles. The third-order valence-electron chi connectivity index (χ3n) is 2.98. The molecule has 0 aliphatic carbocycles. The Balaban J connectivity index is 3.01. The first-order chi connectivity index (χ1) is 11.0. The Morgan fingerprint density at radius 3 is 2.42 bits per heavy atom. The quantitative estimate of drug-likeness (QED) is 0.647. The van der Waals surface area contributed by atoms with Crippen molar-refractivity contribution in [3.8, 4) is 5.75 Å². The van der Waals surface area contributed by atoms with Crippen LogP contribution in [0.4, 0.5) is 13.6 Å². The van der Waals surface area contributed by atoms with Crippen LogP contribution in [0.15, 0.2) is 22.7 Å². The number of carbonyl (C=O) groups is 1. The molecule has 0 N–H and O–H groups in total. The largest absolute Gasteiger partial charge is 0.487 e. The van der Waals surface area contributed by atoms with E-state index >= 15 is 0 Å². The highest BCUT2D eigenvalue weighted by Gasteiger charge is 2.25. The zero-order valence-corrected chi connectivity index (χ0v) is 16.2. The van der Waals surface area contributed by atoms with Crippen LogP contribution in [0.3, 0.4) is 0 Å². The summed E-state index contributed by atoms with van der Waals surface area (Å²) in [6.07, 6.45) is -3.02. The maximum atomic E-state index is 12.4. The molecule has 0 radical (unpaired) electrons. The maximum absolute atomic E-state index is 12.4. The predicted molar refractivity (Wildman–Crippen MR) is 92.6 cm³/mol. The second kappa shape index (κ2) is 8.65. The van der Waals surface area contributed by atoms with Gasteiger partial charge in [-0.2, -0.15) is 0 Å². The monoisotopic (exact) mass is 407 g/mol. The number of amides is 1. The van der Waals surface area contributed by atoms with Gasteiger partial charge in [0.2, 0.25) is 0 Å². The topological polar surface area (TPSA) is 38.8 Å². The fourth-order valence-corrected chi connectivity index (χ4v) is 2.34. The summed E-state index contributed by atoms with van der Waals surface area (Å²) in [6.45, 7) is 8.61. The first kappa shape index (κ1) is 20.7. The van der Waals surface area contributed by atoms with E-state index in [1.807, 2.05) is 13.8 Å². The number of alkyl halides is 2. The molecule has 1 amide bonds. The van der Waals surface area contributed by atoms with Gasteiger partial charge in [0.05, 0.1) is 6.54 Å². The summed E-state index contributed by atoms with van der Waals surface area (Å²) in [5.74, 6) is 0.327. The highest BCUT2D eigenvalue weighted by atomic mass is 79.9. The maximum Gasteiger partial charge on any atom is 0.410 e. The number of carbonyl (C=O) groups excluding carboxylic acids is 1. The highest BCUT2D eigenvalue weighted by molar-refractivity contribution is 9.10. The van der Waals surface area contributed by atoms with Crippen molar-refractivity contribution in [2.45, 2.75) is 59.2 Å². The molecule has 0 unspecified atom stereocenters. The average Bonchev–Trinajstić information content (AvgIpc) is 2.41. The molecule has 136 valence electrons.